The molecule has 0 fully saturated rings. The molecule has 2 aromatic carbocycles. The number of rotatable bonds is 4. The molecule has 2 aromatic rings. The molecule has 0 radical (unpaired) electrons. The van der Waals surface area contributed by atoms with Gasteiger partial charge in [0.25, 0.3) is 0 Å². The Morgan fingerprint density at radius 3 is 1.60 bits per heavy atom. The van der Waals surface area contributed by atoms with Gasteiger partial charge in [0, 0.05) is 26.7 Å². The van der Waals surface area contributed by atoms with E-state index in [0.717, 1.165) is 20.3 Å². The van der Waals surface area contributed by atoms with Crippen LogP contribution in [0.2, 0.25) is 10.0 Å². The molecule has 1 N–H and O–H groups in total. The summed E-state index contributed by atoms with van der Waals surface area (Å²) in [5.41, 5.74) is 3.26. The van der Waals surface area contributed by atoms with Crippen molar-refractivity contribution in [2.45, 2.75) is 6.42 Å². The first-order valence-electron chi connectivity index (χ1n) is 6.13. The second-order valence-electron chi connectivity index (χ2n) is 4.27. The average Bonchev–Trinajstić information content (AvgIpc) is 2.44. The smallest absolute Gasteiger partial charge is 0.0476 e. The maximum atomic E-state index is 9.19. The van der Waals surface area contributed by atoms with Gasteiger partial charge in [-0.3, -0.25) is 0 Å². The fourth-order valence-corrected chi connectivity index (χ4v) is 3.05. The number of aliphatic hydroxyl groups excluding tert-OH is 1. The third-order valence-corrected chi connectivity index (χ3v) is 4.45. The Balaban J connectivity index is 2.53. The molecular formula is C16H13Cl2IO. The molecule has 0 unspecified atom stereocenters. The Hall–Kier alpha value is -0.550. The van der Waals surface area contributed by atoms with Crippen LogP contribution in [0.1, 0.15) is 17.5 Å². The zero-order chi connectivity index (χ0) is 14.5. The molecule has 0 saturated carbocycles. The lowest BCUT2D eigenvalue weighted by Crippen LogP contribution is -1.93. The summed E-state index contributed by atoms with van der Waals surface area (Å²) in [5, 5.41) is 10.6. The van der Waals surface area contributed by atoms with Gasteiger partial charge in [0.15, 0.2) is 0 Å². The molecular weight excluding hydrogens is 406 g/mol. The van der Waals surface area contributed by atoms with Crippen LogP contribution in [-0.2, 0) is 0 Å². The Morgan fingerprint density at radius 1 is 0.850 bits per heavy atom. The van der Waals surface area contributed by atoms with Crippen molar-refractivity contribution in [3.05, 3.63) is 73.3 Å². The Labute approximate surface area is 142 Å². The van der Waals surface area contributed by atoms with Crippen LogP contribution in [0.5, 0.6) is 0 Å². The molecule has 20 heavy (non-hydrogen) atoms. The molecule has 0 spiro atoms. The number of hydrogen-bond acceptors (Lipinski definition) is 1. The number of benzene rings is 2. The lowest BCUT2D eigenvalue weighted by atomic mass is 9.97. The third kappa shape index (κ3) is 3.98. The minimum absolute atomic E-state index is 0.128. The number of aliphatic hydroxyl groups is 1. The van der Waals surface area contributed by atoms with E-state index in [-0.39, 0.29) is 6.61 Å². The van der Waals surface area contributed by atoms with Crippen molar-refractivity contribution in [3.8, 4) is 0 Å². The molecule has 0 amide bonds. The first-order chi connectivity index (χ1) is 9.61. The van der Waals surface area contributed by atoms with E-state index in [1.165, 1.54) is 0 Å². The van der Waals surface area contributed by atoms with Crippen LogP contribution in [0.4, 0.5) is 0 Å². The molecule has 0 aliphatic heterocycles. The summed E-state index contributed by atoms with van der Waals surface area (Å²) in [5.74, 6) is 0. The van der Waals surface area contributed by atoms with Crippen LogP contribution >= 0.6 is 45.8 Å². The summed E-state index contributed by atoms with van der Waals surface area (Å²) in [6.45, 7) is 0.128. The van der Waals surface area contributed by atoms with Gasteiger partial charge in [0.05, 0.1) is 0 Å². The van der Waals surface area contributed by atoms with Crippen LogP contribution < -0.4 is 0 Å². The van der Waals surface area contributed by atoms with E-state index in [1.807, 2.05) is 48.5 Å². The predicted molar refractivity (Wildman–Crippen MR) is 94.6 cm³/mol. The molecule has 0 aromatic heterocycles. The molecule has 0 heterocycles. The Kier molecular flexibility index (Phi) is 5.90. The lowest BCUT2D eigenvalue weighted by Gasteiger charge is -2.12. The maximum Gasteiger partial charge on any atom is 0.0476 e. The summed E-state index contributed by atoms with van der Waals surface area (Å²) < 4.78 is 1.11. The van der Waals surface area contributed by atoms with Gasteiger partial charge in [-0.15, -0.1) is 0 Å². The normalized spacial score (nSPS) is 10.4. The van der Waals surface area contributed by atoms with Gasteiger partial charge in [-0.2, -0.15) is 0 Å². The fourth-order valence-electron chi connectivity index (χ4n) is 1.94. The van der Waals surface area contributed by atoms with E-state index < -0.39 is 0 Å². The standard InChI is InChI=1S/C16H13Cl2IO/c17-13-5-1-11(2-6-13)16(15(19)9-10-20)12-3-7-14(18)8-4-12/h1-8,20H,9-10H2. The molecule has 0 atom stereocenters. The second-order valence-corrected chi connectivity index (χ2v) is 6.44. The van der Waals surface area contributed by atoms with Crippen molar-refractivity contribution in [3.63, 3.8) is 0 Å². The van der Waals surface area contributed by atoms with Crippen LogP contribution in [-0.4, -0.2) is 11.7 Å². The average molecular weight is 419 g/mol. The summed E-state index contributed by atoms with van der Waals surface area (Å²) in [6, 6.07) is 15.4. The number of halogens is 3. The van der Waals surface area contributed by atoms with Gasteiger partial charge in [-0.1, -0.05) is 47.5 Å². The summed E-state index contributed by atoms with van der Waals surface area (Å²) in [4.78, 5) is 0. The summed E-state index contributed by atoms with van der Waals surface area (Å²) in [7, 11) is 0. The first kappa shape index (κ1) is 15.8. The molecule has 4 heteroatoms. The zero-order valence-corrected chi connectivity index (χ0v) is 14.3. The van der Waals surface area contributed by atoms with E-state index in [4.69, 9.17) is 23.2 Å². The van der Waals surface area contributed by atoms with E-state index in [2.05, 4.69) is 22.6 Å². The highest BCUT2D eigenvalue weighted by Gasteiger charge is 2.10. The molecule has 104 valence electrons. The molecule has 0 saturated heterocycles. The largest absolute Gasteiger partial charge is 0.396 e. The van der Waals surface area contributed by atoms with Crippen LogP contribution in [0, 0.1) is 0 Å². The first-order valence-corrected chi connectivity index (χ1v) is 7.96. The second kappa shape index (κ2) is 7.46. The van der Waals surface area contributed by atoms with Gasteiger partial charge in [-0.05, 0) is 63.6 Å². The van der Waals surface area contributed by atoms with Gasteiger partial charge in [0.2, 0.25) is 0 Å². The summed E-state index contributed by atoms with van der Waals surface area (Å²) >= 11 is 14.2. The topological polar surface area (TPSA) is 20.2 Å². The van der Waals surface area contributed by atoms with Crippen molar-refractivity contribution in [2.24, 2.45) is 0 Å². The summed E-state index contributed by atoms with van der Waals surface area (Å²) in [6.07, 6.45) is 0.626. The molecule has 0 aliphatic carbocycles. The molecule has 2 rings (SSSR count). The van der Waals surface area contributed by atoms with E-state index in [9.17, 15) is 5.11 Å². The third-order valence-electron chi connectivity index (χ3n) is 2.87. The van der Waals surface area contributed by atoms with E-state index in [1.54, 1.807) is 0 Å². The highest BCUT2D eigenvalue weighted by atomic mass is 127. The van der Waals surface area contributed by atoms with Crippen molar-refractivity contribution < 1.29 is 5.11 Å². The van der Waals surface area contributed by atoms with E-state index in [0.29, 0.717) is 16.5 Å². The van der Waals surface area contributed by atoms with E-state index >= 15 is 0 Å². The molecule has 1 nitrogen and oxygen atoms in total. The molecule has 0 bridgehead atoms. The Morgan fingerprint density at radius 2 is 1.25 bits per heavy atom. The van der Waals surface area contributed by atoms with Crippen LogP contribution in [0.15, 0.2) is 52.1 Å². The zero-order valence-electron chi connectivity index (χ0n) is 10.6. The lowest BCUT2D eigenvalue weighted by molar-refractivity contribution is 0.302. The highest BCUT2D eigenvalue weighted by Crippen LogP contribution is 2.33. The molecule has 0 aliphatic rings. The van der Waals surface area contributed by atoms with Crippen molar-refractivity contribution >= 4 is 51.4 Å². The van der Waals surface area contributed by atoms with Crippen molar-refractivity contribution in [1.82, 2.24) is 0 Å². The van der Waals surface area contributed by atoms with Gasteiger partial charge in [0.1, 0.15) is 0 Å². The Bertz CT molecular complexity index is 556. The predicted octanol–water partition coefficient (Wildman–Crippen LogP) is 5.57. The monoisotopic (exact) mass is 418 g/mol. The maximum absolute atomic E-state index is 9.19. The van der Waals surface area contributed by atoms with Crippen molar-refractivity contribution in [2.75, 3.05) is 6.61 Å². The van der Waals surface area contributed by atoms with Gasteiger partial charge >= 0.3 is 0 Å². The quantitative estimate of drug-likeness (QED) is 0.643. The highest BCUT2D eigenvalue weighted by molar-refractivity contribution is 14.1. The minimum Gasteiger partial charge on any atom is -0.396 e. The number of hydrogen-bond donors (Lipinski definition) is 1. The fraction of sp³-hybridized carbons (Fsp3) is 0.125. The SMILES string of the molecule is OCCC(I)=C(c1ccc(Cl)cc1)c1ccc(Cl)cc1. The van der Waals surface area contributed by atoms with Crippen LogP contribution in [0.25, 0.3) is 5.57 Å². The minimum atomic E-state index is 0.128. The van der Waals surface area contributed by atoms with Crippen LogP contribution in [0.3, 0.4) is 0 Å². The van der Waals surface area contributed by atoms with Crippen molar-refractivity contribution in [1.29, 1.82) is 0 Å². The van der Waals surface area contributed by atoms with Gasteiger partial charge < -0.3 is 5.11 Å². The van der Waals surface area contributed by atoms with Gasteiger partial charge in [-0.25, -0.2) is 0 Å².